The number of benzene rings is 1. The fourth-order valence-corrected chi connectivity index (χ4v) is 2.39. The van der Waals surface area contributed by atoms with E-state index in [1.165, 1.54) is 0 Å². The Balaban J connectivity index is 2.22. The summed E-state index contributed by atoms with van der Waals surface area (Å²) in [6.45, 7) is 2.68. The van der Waals surface area contributed by atoms with Gasteiger partial charge in [-0.05, 0) is 36.6 Å². The predicted molar refractivity (Wildman–Crippen MR) is 66.8 cm³/mol. The molecule has 1 aromatic carbocycles. The highest BCUT2D eigenvalue weighted by molar-refractivity contribution is 5.66. The third kappa shape index (κ3) is 2.34. The number of carbonyl (C=O) groups is 1. The Kier molecular flexibility index (Phi) is 3.57. The third-order valence-electron chi connectivity index (χ3n) is 3.55. The van der Waals surface area contributed by atoms with E-state index in [1.807, 2.05) is 25.1 Å². The van der Waals surface area contributed by atoms with Gasteiger partial charge < -0.3 is 14.6 Å². The van der Waals surface area contributed by atoms with Crippen LogP contribution in [0.25, 0.3) is 0 Å². The lowest BCUT2D eigenvalue weighted by Gasteiger charge is -2.42. The van der Waals surface area contributed by atoms with Crippen LogP contribution in [-0.4, -0.2) is 24.8 Å². The van der Waals surface area contributed by atoms with Crippen LogP contribution in [0.1, 0.15) is 30.4 Å². The van der Waals surface area contributed by atoms with Crippen LogP contribution in [0.4, 0.5) is 0 Å². The summed E-state index contributed by atoms with van der Waals surface area (Å²) in [7, 11) is 1.64. The van der Waals surface area contributed by atoms with Gasteiger partial charge in [-0.2, -0.15) is 0 Å². The lowest BCUT2D eigenvalue weighted by atomic mass is 9.82. The van der Waals surface area contributed by atoms with Crippen LogP contribution < -0.4 is 4.74 Å². The molecular formula is C14H18O4. The number of ether oxygens (including phenoxy) is 2. The van der Waals surface area contributed by atoms with E-state index in [0.717, 1.165) is 23.3 Å². The van der Waals surface area contributed by atoms with Gasteiger partial charge in [-0.3, -0.25) is 4.79 Å². The SMILES string of the molecule is COc1ccc(C2(CCC(=O)O)CCO2)cc1C. The van der Waals surface area contributed by atoms with Crippen LogP contribution in [0, 0.1) is 6.92 Å². The van der Waals surface area contributed by atoms with Gasteiger partial charge in [0.2, 0.25) is 0 Å². The minimum absolute atomic E-state index is 0.130. The lowest BCUT2D eigenvalue weighted by Crippen LogP contribution is -2.41. The van der Waals surface area contributed by atoms with Crippen molar-refractivity contribution in [3.8, 4) is 5.75 Å². The van der Waals surface area contributed by atoms with E-state index in [4.69, 9.17) is 14.6 Å². The van der Waals surface area contributed by atoms with E-state index in [9.17, 15) is 4.79 Å². The van der Waals surface area contributed by atoms with Gasteiger partial charge in [-0.15, -0.1) is 0 Å². The molecule has 1 atom stereocenters. The second kappa shape index (κ2) is 4.98. The minimum atomic E-state index is -0.782. The molecule has 98 valence electrons. The zero-order valence-electron chi connectivity index (χ0n) is 10.7. The van der Waals surface area contributed by atoms with Crippen molar-refractivity contribution in [2.75, 3.05) is 13.7 Å². The Morgan fingerprint density at radius 1 is 1.56 bits per heavy atom. The fraction of sp³-hybridized carbons (Fsp3) is 0.500. The van der Waals surface area contributed by atoms with Crippen LogP contribution in [0.15, 0.2) is 18.2 Å². The molecule has 0 amide bonds. The van der Waals surface area contributed by atoms with Gasteiger partial charge in [0.15, 0.2) is 0 Å². The van der Waals surface area contributed by atoms with Gasteiger partial charge in [0.25, 0.3) is 0 Å². The quantitative estimate of drug-likeness (QED) is 0.872. The van der Waals surface area contributed by atoms with E-state index in [-0.39, 0.29) is 6.42 Å². The predicted octanol–water partition coefficient (Wildman–Crippen LogP) is 2.48. The highest BCUT2D eigenvalue weighted by Crippen LogP contribution is 2.42. The molecule has 0 aromatic heterocycles. The Bertz CT molecular complexity index is 449. The van der Waals surface area contributed by atoms with Crippen molar-refractivity contribution in [3.05, 3.63) is 29.3 Å². The first-order valence-corrected chi connectivity index (χ1v) is 6.08. The first kappa shape index (κ1) is 12.9. The van der Waals surface area contributed by atoms with E-state index in [1.54, 1.807) is 7.11 Å². The topological polar surface area (TPSA) is 55.8 Å². The summed E-state index contributed by atoms with van der Waals surface area (Å²) in [6, 6.07) is 5.90. The smallest absolute Gasteiger partial charge is 0.303 e. The molecule has 1 aliphatic heterocycles. The van der Waals surface area contributed by atoms with Gasteiger partial charge >= 0.3 is 5.97 Å². The van der Waals surface area contributed by atoms with E-state index < -0.39 is 11.6 Å². The summed E-state index contributed by atoms with van der Waals surface area (Å²) in [5.41, 5.74) is 1.68. The van der Waals surface area contributed by atoms with Crippen LogP contribution in [0.3, 0.4) is 0 Å². The number of carboxylic acid groups (broad SMARTS) is 1. The highest BCUT2D eigenvalue weighted by atomic mass is 16.5. The Morgan fingerprint density at radius 3 is 2.72 bits per heavy atom. The average Bonchev–Trinajstić information content (AvgIpc) is 2.27. The minimum Gasteiger partial charge on any atom is -0.496 e. The monoisotopic (exact) mass is 250 g/mol. The van der Waals surface area contributed by atoms with E-state index in [0.29, 0.717) is 13.0 Å². The zero-order valence-corrected chi connectivity index (χ0v) is 10.7. The molecule has 2 rings (SSSR count). The van der Waals surface area contributed by atoms with Gasteiger partial charge in [-0.25, -0.2) is 0 Å². The number of rotatable bonds is 5. The maximum atomic E-state index is 10.7. The molecule has 4 nitrogen and oxygen atoms in total. The molecule has 0 spiro atoms. The number of carboxylic acids is 1. The molecular weight excluding hydrogens is 232 g/mol. The van der Waals surface area contributed by atoms with Crippen molar-refractivity contribution in [1.29, 1.82) is 0 Å². The standard InChI is InChI=1S/C14H18O4/c1-10-9-11(3-4-12(10)17-2)14(7-8-18-14)6-5-13(15)16/h3-4,9H,5-8H2,1-2H3,(H,15,16). The summed E-state index contributed by atoms with van der Waals surface area (Å²) < 4.78 is 10.9. The van der Waals surface area contributed by atoms with Crippen LogP contribution in [0.2, 0.25) is 0 Å². The molecule has 1 heterocycles. The molecule has 1 fully saturated rings. The Morgan fingerprint density at radius 2 is 2.28 bits per heavy atom. The maximum Gasteiger partial charge on any atom is 0.303 e. The molecule has 1 unspecified atom stereocenters. The van der Waals surface area contributed by atoms with Gasteiger partial charge in [0.1, 0.15) is 5.75 Å². The van der Waals surface area contributed by atoms with Crippen molar-refractivity contribution in [2.45, 2.75) is 31.8 Å². The van der Waals surface area contributed by atoms with Crippen molar-refractivity contribution < 1.29 is 19.4 Å². The molecule has 4 heteroatoms. The summed E-state index contributed by atoms with van der Waals surface area (Å²) in [5.74, 6) is 0.0570. The fourth-order valence-electron chi connectivity index (χ4n) is 2.39. The van der Waals surface area contributed by atoms with Crippen molar-refractivity contribution in [3.63, 3.8) is 0 Å². The van der Waals surface area contributed by atoms with Crippen LogP contribution >= 0.6 is 0 Å². The Labute approximate surface area is 107 Å². The van der Waals surface area contributed by atoms with Gasteiger partial charge in [0, 0.05) is 12.8 Å². The van der Waals surface area contributed by atoms with E-state index >= 15 is 0 Å². The number of aliphatic carboxylic acids is 1. The molecule has 0 bridgehead atoms. The molecule has 1 aromatic rings. The van der Waals surface area contributed by atoms with Gasteiger partial charge in [0.05, 0.1) is 19.3 Å². The highest BCUT2D eigenvalue weighted by Gasteiger charge is 2.40. The maximum absolute atomic E-state index is 10.7. The lowest BCUT2D eigenvalue weighted by molar-refractivity contribution is -0.165. The summed E-state index contributed by atoms with van der Waals surface area (Å²) in [5, 5.41) is 8.80. The van der Waals surface area contributed by atoms with Crippen molar-refractivity contribution >= 4 is 5.97 Å². The normalized spacial score (nSPS) is 22.3. The van der Waals surface area contributed by atoms with Crippen molar-refractivity contribution in [1.82, 2.24) is 0 Å². The molecule has 0 aliphatic carbocycles. The molecule has 1 aliphatic rings. The summed E-state index contributed by atoms with van der Waals surface area (Å²) in [6.07, 6.45) is 1.53. The van der Waals surface area contributed by atoms with E-state index in [2.05, 4.69) is 0 Å². The molecule has 0 saturated carbocycles. The summed E-state index contributed by atoms with van der Waals surface area (Å²) in [4.78, 5) is 10.7. The molecule has 18 heavy (non-hydrogen) atoms. The van der Waals surface area contributed by atoms with Crippen LogP contribution in [-0.2, 0) is 15.1 Å². The number of aryl methyl sites for hydroxylation is 1. The number of methoxy groups -OCH3 is 1. The number of hydrogen-bond donors (Lipinski definition) is 1. The van der Waals surface area contributed by atoms with Gasteiger partial charge in [-0.1, -0.05) is 6.07 Å². The Hall–Kier alpha value is -1.55. The van der Waals surface area contributed by atoms with Crippen LogP contribution in [0.5, 0.6) is 5.75 Å². The first-order valence-electron chi connectivity index (χ1n) is 6.08. The zero-order chi connectivity index (χ0) is 13.2. The van der Waals surface area contributed by atoms with Crippen molar-refractivity contribution in [2.24, 2.45) is 0 Å². The molecule has 1 N–H and O–H groups in total. The second-order valence-corrected chi connectivity index (χ2v) is 4.67. The average molecular weight is 250 g/mol. The summed E-state index contributed by atoms with van der Waals surface area (Å²) >= 11 is 0. The molecule has 0 radical (unpaired) electrons. The second-order valence-electron chi connectivity index (χ2n) is 4.67. The number of hydrogen-bond acceptors (Lipinski definition) is 3. The first-order chi connectivity index (χ1) is 8.57. The molecule has 1 saturated heterocycles. The largest absolute Gasteiger partial charge is 0.496 e. The third-order valence-corrected chi connectivity index (χ3v) is 3.55.